The predicted octanol–water partition coefficient (Wildman–Crippen LogP) is 1.97. The van der Waals surface area contributed by atoms with Gasteiger partial charge in [0.25, 0.3) is 0 Å². The predicted molar refractivity (Wildman–Crippen MR) is 54.2 cm³/mol. The fourth-order valence-corrected chi connectivity index (χ4v) is 2.58. The van der Waals surface area contributed by atoms with E-state index < -0.39 is 0 Å². The van der Waals surface area contributed by atoms with Crippen molar-refractivity contribution in [2.45, 2.75) is 26.2 Å². The van der Waals surface area contributed by atoms with Crippen LogP contribution in [0.25, 0.3) is 0 Å². The molecule has 0 aromatic carbocycles. The van der Waals surface area contributed by atoms with Gasteiger partial charge in [-0.25, -0.2) is 0 Å². The minimum absolute atomic E-state index is 0.107. The molecule has 4 heteroatoms. The first kappa shape index (κ1) is 8.95. The third-order valence-electron chi connectivity index (χ3n) is 3.49. The van der Waals surface area contributed by atoms with Gasteiger partial charge in [-0.1, -0.05) is 5.16 Å². The van der Waals surface area contributed by atoms with Crippen LogP contribution in [0.5, 0.6) is 0 Å². The Morgan fingerprint density at radius 1 is 1.47 bits per heavy atom. The zero-order chi connectivity index (χ0) is 10.4. The summed E-state index contributed by atoms with van der Waals surface area (Å²) in [7, 11) is 0. The van der Waals surface area contributed by atoms with E-state index in [1.165, 1.54) is 6.42 Å². The number of anilines is 1. The van der Waals surface area contributed by atoms with Gasteiger partial charge in [-0.15, -0.1) is 0 Å². The summed E-state index contributed by atoms with van der Waals surface area (Å²) < 4.78 is 4.89. The summed E-state index contributed by atoms with van der Waals surface area (Å²) in [6.45, 7) is 1.81. The number of rotatable bonds is 2. The van der Waals surface area contributed by atoms with Gasteiger partial charge in [0.15, 0.2) is 5.82 Å². The van der Waals surface area contributed by atoms with Crippen molar-refractivity contribution in [2.75, 3.05) is 5.32 Å². The van der Waals surface area contributed by atoms with Crippen molar-refractivity contribution in [1.29, 1.82) is 0 Å². The first-order valence-corrected chi connectivity index (χ1v) is 5.46. The van der Waals surface area contributed by atoms with Gasteiger partial charge in [0, 0.05) is 12.0 Å². The Labute approximate surface area is 88.0 Å². The summed E-state index contributed by atoms with van der Waals surface area (Å²) in [6.07, 6.45) is 3.47. The number of fused-ring (bicyclic) bond motifs is 1. The second kappa shape index (κ2) is 3.08. The molecule has 1 heterocycles. The third kappa shape index (κ3) is 1.64. The number of hydrogen-bond donors (Lipinski definition) is 1. The van der Waals surface area contributed by atoms with E-state index in [1.807, 2.05) is 6.92 Å². The van der Waals surface area contributed by atoms with E-state index in [9.17, 15) is 4.79 Å². The van der Waals surface area contributed by atoms with Crippen LogP contribution in [0.3, 0.4) is 0 Å². The van der Waals surface area contributed by atoms with Gasteiger partial charge in [0.05, 0.1) is 0 Å². The molecule has 1 N–H and O–H groups in total. The van der Waals surface area contributed by atoms with Crippen molar-refractivity contribution >= 4 is 11.7 Å². The first-order chi connectivity index (χ1) is 7.22. The van der Waals surface area contributed by atoms with Crippen LogP contribution >= 0.6 is 0 Å². The Hall–Kier alpha value is -1.32. The highest BCUT2D eigenvalue weighted by Gasteiger charge is 2.48. The van der Waals surface area contributed by atoms with E-state index in [1.54, 1.807) is 6.07 Å². The smallest absolute Gasteiger partial charge is 0.228 e. The first-order valence-electron chi connectivity index (χ1n) is 5.46. The number of aromatic nitrogens is 1. The second-order valence-corrected chi connectivity index (χ2v) is 4.74. The summed E-state index contributed by atoms with van der Waals surface area (Å²) in [5.74, 6) is 3.23. The number of hydrogen-bond acceptors (Lipinski definition) is 3. The molecule has 1 amide bonds. The van der Waals surface area contributed by atoms with Gasteiger partial charge >= 0.3 is 0 Å². The lowest BCUT2D eigenvalue weighted by molar-refractivity contribution is -0.120. The van der Waals surface area contributed by atoms with Gasteiger partial charge in [0.2, 0.25) is 5.91 Å². The lowest BCUT2D eigenvalue weighted by Gasteiger charge is -2.09. The van der Waals surface area contributed by atoms with Crippen LogP contribution in [0, 0.1) is 24.7 Å². The van der Waals surface area contributed by atoms with Crippen molar-refractivity contribution in [3.05, 3.63) is 11.8 Å². The standard InChI is InChI=1S/C11H14N2O2/c1-6-2-10(13-15-6)12-11(14)9-4-7-3-8(7)5-9/h2,7-9H,3-5H2,1H3,(H,12,13,14). The fourth-order valence-electron chi connectivity index (χ4n) is 2.58. The second-order valence-electron chi connectivity index (χ2n) is 4.74. The Morgan fingerprint density at radius 2 is 2.20 bits per heavy atom. The number of aryl methyl sites for hydroxylation is 1. The van der Waals surface area contributed by atoms with Crippen LogP contribution in [-0.2, 0) is 4.79 Å². The maximum atomic E-state index is 11.8. The van der Waals surface area contributed by atoms with Crippen LogP contribution in [0.1, 0.15) is 25.0 Å². The Morgan fingerprint density at radius 3 is 2.80 bits per heavy atom. The molecule has 1 aromatic rings. The van der Waals surface area contributed by atoms with Crippen molar-refractivity contribution in [2.24, 2.45) is 17.8 Å². The summed E-state index contributed by atoms with van der Waals surface area (Å²) in [6, 6.07) is 1.74. The molecule has 2 fully saturated rings. The van der Waals surface area contributed by atoms with Crippen LogP contribution in [0.4, 0.5) is 5.82 Å². The summed E-state index contributed by atoms with van der Waals surface area (Å²) in [5.41, 5.74) is 0. The van der Waals surface area contributed by atoms with E-state index in [0.29, 0.717) is 5.82 Å². The van der Waals surface area contributed by atoms with Gasteiger partial charge in [-0.2, -0.15) is 0 Å². The molecule has 0 saturated heterocycles. The van der Waals surface area contributed by atoms with Gasteiger partial charge in [0.1, 0.15) is 5.76 Å². The van der Waals surface area contributed by atoms with Crippen LogP contribution in [-0.4, -0.2) is 11.1 Å². The highest BCUT2D eigenvalue weighted by atomic mass is 16.5. The van der Waals surface area contributed by atoms with Crippen molar-refractivity contribution < 1.29 is 9.32 Å². The molecule has 4 nitrogen and oxygen atoms in total. The molecule has 15 heavy (non-hydrogen) atoms. The van der Waals surface area contributed by atoms with E-state index >= 15 is 0 Å². The molecule has 0 bridgehead atoms. The SMILES string of the molecule is Cc1cc(NC(=O)C2CC3CC3C2)no1. The number of carbonyl (C=O) groups excluding carboxylic acids is 1. The third-order valence-corrected chi connectivity index (χ3v) is 3.49. The van der Waals surface area contributed by atoms with Crippen LogP contribution in [0.2, 0.25) is 0 Å². The van der Waals surface area contributed by atoms with E-state index in [2.05, 4.69) is 10.5 Å². The molecule has 0 spiro atoms. The van der Waals surface area contributed by atoms with Crippen LogP contribution < -0.4 is 5.32 Å². The zero-order valence-electron chi connectivity index (χ0n) is 8.69. The molecular weight excluding hydrogens is 192 g/mol. The van der Waals surface area contributed by atoms with Gasteiger partial charge in [-0.3, -0.25) is 4.79 Å². The molecule has 80 valence electrons. The van der Waals surface area contributed by atoms with Crippen molar-refractivity contribution in [3.8, 4) is 0 Å². The van der Waals surface area contributed by atoms with Crippen molar-refractivity contribution in [1.82, 2.24) is 5.16 Å². The van der Waals surface area contributed by atoms with E-state index in [-0.39, 0.29) is 11.8 Å². The molecule has 2 aliphatic carbocycles. The molecule has 0 radical (unpaired) electrons. The average Bonchev–Trinajstić information content (AvgIpc) is 2.61. The lowest BCUT2D eigenvalue weighted by atomic mass is 10.0. The number of carbonyl (C=O) groups is 1. The zero-order valence-corrected chi connectivity index (χ0v) is 8.69. The lowest BCUT2D eigenvalue weighted by Crippen LogP contribution is -2.21. The summed E-state index contributed by atoms with van der Waals surface area (Å²) in [4.78, 5) is 11.8. The van der Waals surface area contributed by atoms with E-state index in [0.717, 1.165) is 30.4 Å². The molecular formula is C11H14N2O2. The molecule has 2 aliphatic rings. The van der Waals surface area contributed by atoms with Gasteiger partial charge in [-0.05, 0) is 38.0 Å². The molecule has 3 rings (SSSR count). The normalized spacial score (nSPS) is 32.5. The average molecular weight is 206 g/mol. The number of nitrogens with one attached hydrogen (secondary N) is 1. The fraction of sp³-hybridized carbons (Fsp3) is 0.636. The molecule has 2 atom stereocenters. The largest absolute Gasteiger partial charge is 0.360 e. The maximum Gasteiger partial charge on any atom is 0.228 e. The highest BCUT2D eigenvalue weighted by molar-refractivity contribution is 5.91. The highest BCUT2D eigenvalue weighted by Crippen LogP contribution is 2.54. The minimum atomic E-state index is 0.107. The molecule has 2 unspecified atom stereocenters. The van der Waals surface area contributed by atoms with Gasteiger partial charge < -0.3 is 9.84 Å². The number of nitrogens with zero attached hydrogens (tertiary/aromatic N) is 1. The topological polar surface area (TPSA) is 55.1 Å². The number of amides is 1. The molecule has 2 saturated carbocycles. The molecule has 0 aliphatic heterocycles. The maximum absolute atomic E-state index is 11.8. The van der Waals surface area contributed by atoms with E-state index in [4.69, 9.17) is 4.52 Å². The summed E-state index contributed by atoms with van der Waals surface area (Å²) >= 11 is 0. The van der Waals surface area contributed by atoms with Crippen LogP contribution in [0.15, 0.2) is 10.6 Å². The minimum Gasteiger partial charge on any atom is -0.360 e. The Balaban J connectivity index is 1.61. The summed E-state index contributed by atoms with van der Waals surface area (Å²) in [5, 5.41) is 6.55. The Kier molecular flexibility index (Phi) is 1.84. The quantitative estimate of drug-likeness (QED) is 0.804. The van der Waals surface area contributed by atoms with Crippen molar-refractivity contribution in [3.63, 3.8) is 0 Å². The Bertz CT molecular complexity index is 389. The monoisotopic (exact) mass is 206 g/mol. The molecule has 1 aromatic heterocycles.